The van der Waals surface area contributed by atoms with Crippen LogP contribution in [0.3, 0.4) is 0 Å². The Morgan fingerprint density at radius 1 is 1.04 bits per heavy atom. The fraction of sp³-hybridized carbons (Fsp3) is 0.0556. The number of nitrogens with one attached hydrogen (secondary N) is 2. The Bertz CT molecular complexity index is 867. The lowest BCUT2D eigenvalue weighted by Crippen LogP contribution is -2.41. The Balaban J connectivity index is 2.28. The van der Waals surface area contributed by atoms with E-state index in [2.05, 4.69) is 10.6 Å². The van der Waals surface area contributed by atoms with E-state index in [4.69, 9.17) is 23.2 Å². The first-order valence-corrected chi connectivity index (χ1v) is 8.13. The monoisotopic (exact) mass is 391 g/mol. The van der Waals surface area contributed by atoms with Gasteiger partial charge in [-0.3, -0.25) is 9.59 Å². The van der Waals surface area contributed by atoms with Crippen molar-refractivity contribution in [2.24, 2.45) is 0 Å². The highest BCUT2D eigenvalue weighted by molar-refractivity contribution is 6.36. The number of halogens is 2. The maximum atomic E-state index is 12.4. The zero-order valence-electron chi connectivity index (χ0n) is 13.3. The third kappa shape index (κ3) is 5.61. The number of rotatable bonds is 6. The van der Waals surface area contributed by atoms with Crippen LogP contribution in [-0.4, -0.2) is 24.3 Å². The van der Waals surface area contributed by atoms with Crippen molar-refractivity contribution in [3.05, 3.63) is 75.4 Å². The van der Waals surface area contributed by atoms with Gasteiger partial charge in [0.2, 0.25) is 0 Å². The third-order valence-corrected chi connectivity index (χ3v) is 3.72. The summed E-state index contributed by atoms with van der Waals surface area (Å²) in [5, 5.41) is 15.6. The van der Waals surface area contributed by atoms with E-state index in [1.807, 2.05) is 0 Å². The van der Waals surface area contributed by atoms with Crippen molar-refractivity contribution in [1.29, 1.82) is 0 Å². The van der Waals surface area contributed by atoms with Crippen LogP contribution in [0.2, 0.25) is 10.0 Å². The first-order chi connectivity index (χ1) is 12.4. The van der Waals surface area contributed by atoms with Gasteiger partial charge in [0, 0.05) is 5.02 Å². The van der Waals surface area contributed by atoms with Crippen molar-refractivity contribution in [3.63, 3.8) is 0 Å². The topological polar surface area (TPSA) is 98.3 Å². The molecule has 0 saturated heterocycles. The molecule has 0 spiro atoms. The highest BCUT2D eigenvalue weighted by atomic mass is 35.5. The molecule has 2 rings (SSSR count). The number of amides is 2. The maximum absolute atomic E-state index is 12.4. The molecule has 0 unspecified atom stereocenters. The molecule has 2 N–H and O–H groups in total. The van der Waals surface area contributed by atoms with Crippen LogP contribution < -0.4 is 15.7 Å². The van der Waals surface area contributed by atoms with Gasteiger partial charge < -0.3 is 20.5 Å². The highest BCUT2D eigenvalue weighted by Crippen LogP contribution is 2.21. The van der Waals surface area contributed by atoms with Gasteiger partial charge in [0.25, 0.3) is 11.8 Å². The van der Waals surface area contributed by atoms with Crippen LogP contribution >= 0.6 is 23.2 Å². The Labute approximate surface area is 159 Å². The van der Waals surface area contributed by atoms with Crippen LogP contribution in [0.25, 0.3) is 6.08 Å². The van der Waals surface area contributed by atoms with Crippen molar-refractivity contribution >= 4 is 47.1 Å². The number of hydrogen-bond acceptors (Lipinski definition) is 4. The van der Waals surface area contributed by atoms with E-state index in [9.17, 15) is 19.5 Å². The minimum atomic E-state index is -1.45. The first-order valence-electron chi connectivity index (χ1n) is 7.38. The van der Waals surface area contributed by atoms with Gasteiger partial charge in [0.05, 0.1) is 23.1 Å². The summed E-state index contributed by atoms with van der Waals surface area (Å²) in [4.78, 5) is 35.2. The van der Waals surface area contributed by atoms with E-state index in [1.54, 1.807) is 30.3 Å². The summed E-state index contributed by atoms with van der Waals surface area (Å²) in [6.07, 6.45) is 1.41. The smallest absolute Gasteiger partial charge is 0.268 e. The summed E-state index contributed by atoms with van der Waals surface area (Å²) in [6, 6.07) is 13.0. The van der Waals surface area contributed by atoms with E-state index in [1.165, 1.54) is 24.3 Å². The van der Waals surface area contributed by atoms with E-state index in [0.717, 1.165) is 0 Å². The van der Waals surface area contributed by atoms with Gasteiger partial charge in [-0.25, -0.2) is 0 Å². The molecule has 2 aromatic rings. The molecule has 134 valence electrons. The molecule has 2 amide bonds. The third-order valence-electron chi connectivity index (χ3n) is 3.17. The number of carbonyl (C=O) groups excluding carboxylic acids is 3. The molecule has 6 nitrogen and oxygen atoms in total. The predicted octanol–water partition coefficient (Wildman–Crippen LogP) is 1.63. The van der Waals surface area contributed by atoms with Crippen LogP contribution in [0.5, 0.6) is 0 Å². The van der Waals surface area contributed by atoms with Gasteiger partial charge in [-0.2, -0.15) is 0 Å². The van der Waals surface area contributed by atoms with Crippen LogP contribution in [0.15, 0.2) is 54.2 Å². The minimum Gasteiger partial charge on any atom is -0.548 e. The normalized spacial score (nSPS) is 10.9. The fourth-order valence-corrected chi connectivity index (χ4v) is 2.48. The molecule has 0 atom stereocenters. The quantitative estimate of drug-likeness (QED) is 0.731. The van der Waals surface area contributed by atoms with Crippen molar-refractivity contribution in [2.75, 3.05) is 6.54 Å². The highest BCUT2D eigenvalue weighted by Gasteiger charge is 2.16. The second-order valence-corrected chi connectivity index (χ2v) is 5.95. The molecule has 0 saturated carbocycles. The summed E-state index contributed by atoms with van der Waals surface area (Å²) in [5.41, 5.74) is 0.602. The number of benzene rings is 2. The number of hydrogen-bond donors (Lipinski definition) is 2. The second-order valence-electron chi connectivity index (χ2n) is 5.10. The lowest BCUT2D eigenvalue weighted by Gasteiger charge is -2.12. The van der Waals surface area contributed by atoms with Gasteiger partial charge in [-0.15, -0.1) is 0 Å². The standard InChI is InChI=1S/C18H14Cl2N2O4/c19-12-6-7-13(14(20)9-12)17(25)22-15(18(26)21-10-16(23)24)8-11-4-2-1-3-5-11/h1-9H,10H2,(H,21,26)(H,22,25)(H,23,24)/p-1/b15-8-. The second kappa shape index (κ2) is 9.03. The number of carboxylic acid groups (broad SMARTS) is 1. The lowest BCUT2D eigenvalue weighted by atomic mass is 10.1. The van der Waals surface area contributed by atoms with Crippen LogP contribution in [0.4, 0.5) is 0 Å². The Morgan fingerprint density at radius 2 is 1.73 bits per heavy atom. The van der Waals surface area contributed by atoms with E-state index < -0.39 is 24.3 Å². The summed E-state index contributed by atoms with van der Waals surface area (Å²) < 4.78 is 0. The minimum absolute atomic E-state index is 0.114. The zero-order valence-corrected chi connectivity index (χ0v) is 14.8. The number of carbonyl (C=O) groups is 3. The summed E-state index contributed by atoms with van der Waals surface area (Å²) in [6.45, 7) is -0.692. The van der Waals surface area contributed by atoms with Gasteiger partial charge >= 0.3 is 0 Å². The fourth-order valence-electron chi connectivity index (χ4n) is 1.99. The number of carboxylic acids is 1. The van der Waals surface area contributed by atoms with Crippen molar-refractivity contribution in [2.45, 2.75) is 0 Å². The number of aliphatic carboxylic acids is 1. The summed E-state index contributed by atoms with van der Waals surface area (Å²) in [7, 11) is 0. The SMILES string of the molecule is O=C([O-])CNC(=O)/C(=C/c1ccccc1)NC(=O)c1ccc(Cl)cc1Cl. The Morgan fingerprint density at radius 3 is 2.35 bits per heavy atom. The molecule has 2 aromatic carbocycles. The summed E-state index contributed by atoms with van der Waals surface area (Å²) >= 11 is 11.8. The van der Waals surface area contributed by atoms with E-state index in [-0.39, 0.29) is 16.3 Å². The van der Waals surface area contributed by atoms with Crippen molar-refractivity contribution < 1.29 is 19.5 Å². The summed E-state index contributed by atoms with van der Waals surface area (Å²) in [5.74, 6) is -2.88. The van der Waals surface area contributed by atoms with Crippen LogP contribution in [-0.2, 0) is 9.59 Å². The molecule has 0 heterocycles. The van der Waals surface area contributed by atoms with E-state index in [0.29, 0.717) is 10.6 Å². The van der Waals surface area contributed by atoms with Crippen LogP contribution in [0.1, 0.15) is 15.9 Å². The van der Waals surface area contributed by atoms with Gasteiger partial charge in [0.15, 0.2) is 0 Å². The molecular formula is C18H13Cl2N2O4-. The van der Waals surface area contributed by atoms with Gasteiger partial charge in [-0.1, -0.05) is 53.5 Å². The molecule has 0 aliphatic heterocycles. The molecule has 0 aliphatic carbocycles. The van der Waals surface area contributed by atoms with Gasteiger partial charge in [0.1, 0.15) is 5.70 Å². The molecular weight excluding hydrogens is 379 g/mol. The van der Waals surface area contributed by atoms with E-state index >= 15 is 0 Å². The zero-order chi connectivity index (χ0) is 19.1. The average Bonchev–Trinajstić information content (AvgIpc) is 2.59. The molecule has 26 heavy (non-hydrogen) atoms. The lowest BCUT2D eigenvalue weighted by molar-refractivity contribution is -0.303. The first kappa shape index (κ1) is 19.5. The predicted molar refractivity (Wildman–Crippen MR) is 96.4 cm³/mol. The average molecular weight is 392 g/mol. The largest absolute Gasteiger partial charge is 0.548 e. The van der Waals surface area contributed by atoms with Crippen molar-refractivity contribution in [3.8, 4) is 0 Å². The van der Waals surface area contributed by atoms with Crippen molar-refractivity contribution in [1.82, 2.24) is 10.6 Å². The maximum Gasteiger partial charge on any atom is 0.268 e. The van der Waals surface area contributed by atoms with Gasteiger partial charge in [-0.05, 0) is 29.8 Å². The van der Waals surface area contributed by atoms with Crippen LogP contribution in [0, 0.1) is 0 Å². The Hall–Kier alpha value is -2.83. The molecule has 0 aromatic heterocycles. The Kier molecular flexibility index (Phi) is 6.77. The molecule has 0 aliphatic rings. The molecule has 0 bridgehead atoms. The molecule has 8 heteroatoms. The molecule has 0 fully saturated rings. The molecule has 0 radical (unpaired) electrons.